The molecule has 1 unspecified atom stereocenters. The zero-order chi connectivity index (χ0) is 20.4. The minimum Gasteiger partial charge on any atom is -0.489 e. The van der Waals surface area contributed by atoms with Crippen LogP contribution in [0.5, 0.6) is 5.75 Å². The molecule has 0 spiro atoms. The highest BCUT2D eigenvalue weighted by Gasteiger charge is 2.31. The van der Waals surface area contributed by atoms with Crippen molar-refractivity contribution in [3.05, 3.63) is 71.4 Å². The van der Waals surface area contributed by atoms with Gasteiger partial charge in [-0.15, -0.1) is 0 Å². The molecule has 0 fully saturated rings. The number of hydrogen-bond acceptors (Lipinski definition) is 3. The lowest BCUT2D eigenvalue weighted by molar-refractivity contribution is -0.113. The standard InChI is InChI=1S/C24H25ClN2O2/c1-3-4-8-20-16-29-22-11-6-10-21-17(12-13-27(20)24(21)22)14-23(28)26(2)19-9-5-7-18(25)15-19/h5-7,9-15,20H,3-4,8,16H2,1-2H3/b17-14+. The lowest BCUT2D eigenvalue weighted by Crippen LogP contribution is -2.41. The fourth-order valence-electron chi connectivity index (χ4n) is 3.86. The SMILES string of the molecule is CCCCC1COc2cccc3c2N1C=C/C3=C\C(=O)N(C)c1cccc(Cl)c1. The largest absolute Gasteiger partial charge is 0.489 e. The highest BCUT2D eigenvalue weighted by molar-refractivity contribution is 6.31. The number of allylic oxidation sites excluding steroid dienone is 2. The Balaban J connectivity index is 1.65. The second-order valence-electron chi connectivity index (χ2n) is 7.46. The number of carbonyl (C=O) groups is 1. The fraction of sp³-hybridized carbons (Fsp3) is 0.292. The summed E-state index contributed by atoms with van der Waals surface area (Å²) in [6.45, 7) is 2.90. The molecule has 2 aliphatic heterocycles. The van der Waals surface area contributed by atoms with Crippen LogP contribution in [-0.4, -0.2) is 25.6 Å². The summed E-state index contributed by atoms with van der Waals surface area (Å²) in [5, 5.41) is 0.607. The Kier molecular flexibility index (Phi) is 5.63. The summed E-state index contributed by atoms with van der Waals surface area (Å²) in [5.41, 5.74) is 3.74. The van der Waals surface area contributed by atoms with Crippen LogP contribution in [0.1, 0.15) is 31.7 Å². The van der Waals surface area contributed by atoms with Crippen LogP contribution in [0.15, 0.2) is 60.8 Å². The lowest BCUT2D eigenvalue weighted by atomic mass is 9.95. The van der Waals surface area contributed by atoms with Crippen molar-refractivity contribution in [1.29, 1.82) is 0 Å². The number of unbranched alkanes of at least 4 members (excludes halogenated alkanes) is 1. The molecule has 29 heavy (non-hydrogen) atoms. The number of para-hydroxylation sites is 1. The smallest absolute Gasteiger partial charge is 0.251 e. The van der Waals surface area contributed by atoms with Crippen molar-refractivity contribution in [2.45, 2.75) is 32.2 Å². The van der Waals surface area contributed by atoms with Gasteiger partial charge in [-0.3, -0.25) is 4.79 Å². The summed E-state index contributed by atoms with van der Waals surface area (Å²) < 4.78 is 6.05. The van der Waals surface area contributed by atoms with Crippen molar-refractivity contribution in [3.8, 4) is 5.75 Å². The number of hydrogen-bond donors (Lipinski definition) is 0. The van der Waals surface area contributed by atoms with Crippen molar-refractivity contribution in [2.24, 2.45) is 0 Å². The van der Waals surface area contributed by atoms with Crippen LogP contribution in [0.3, 0.4) is 0 Å². The van der Waals surface area contributed by atoms with Gasteiger partial charge in [0.25, 0.3) is 5.91 Å². The highest BCUT2D eigenvalue weighted by atomic mass is 35.5. The van der Waals surface area contributed by atoms with Crippen LogP contribution in [-0.2, 0) is 4.79 Å². The van der Waals surface area contributed by atoms with E-state index in [0.29, 0.717) is 17.7 Å². The van der Waals surface area contributed by atoms with Crippen molar-refractivity contribution < 1.29 is 9.53 Å². The van der Waals surface area contributed by atoms with Crippen LogP contribution < -0.4 is 14.5 Å². The summed E-state index contributed by atoms with van der Waals surface area (Å²) in [4.78, 5) is 16.8. The van der Waals surface area contributed by atoms with Gasteiger partial charge < -0.3 is 14.5 Å². The van der Waals surface area contributed by atoms with Gasteiger partial charge in [-0.25, -0.2) is 0 Å². The topological polar surface area (TPSA) is 32.8 Å². The van der Waals surface area contributed by atoms with Gasteiger partial charge in [0.1, 0.15) is 12.4 Å². The van der Waals surface area contributed by atoms with Crippen LogP contribution in [0.25, 0.3) is 5.57 Å². The van der Waals surface area contributed by atoms with Gasteiger partial charge in [-0.2, -0.15) is 0 Å². The molecule has 0 saturated heterocycles. The van der Waals surface area contributed by atoms with E-state index in [4.69, 9.17) is 16.3 Å². The molecule has 2 aliphatic rings. The maximum absolute atomic E-state index is 12.9. The molecule has 0 radical (unpaired) electrons. The number of benzene rings is 2. The van der Waals surface area contributed by atoms with Crippen LogP contribution in [0.2, 0.25) is 5.02 Å². The molecular weight excluding hydrogens is 384 g/mol. The van der Waals surface area contributed by atoms with Gasteiger partial charge >= 0.3 is 0 Å². The minimum absolute atomic E-state index is 0.0998. The predicted molar refractivity (Wildman–Crippen MR) is 120 cm³/mol. The zero-order valence-corrected chi connectivity index (χ0v) is 17.5. The van der Waals surface area contributed by atoms with E-state index in [1.54, 1.807) is 30.2 Å². The number of nitrogens with zero attached hydrogens (tertiary/aromatic N) is 2. The normalized spacial score (nSPS) is 18.4. The summed E-state index contributed by atoms with van der Waals surface area (Å²) in [6.07, 6.45) is 9.22. The maximum Gasteiger partial charge on any atom is 0.251 e. The highest BCUT2D eigenvalue weighted by Crippen LogP contribution is 2.44. The summed E-state index contributed by atoms with van der Waals surface area (Å²) >= 11 is 6.07. The molecule has 2 heterocycles. The molecule has 0 bridgehead atoms. The molecule has 0 N–H and O–H groups in total. The first-order valence-corrected chi connectivity index (χ1v) is 10.4. The summed E-state index contributed by atoms with van der Waals surface area (Å²) in [6, 6.07) is 13.7. The third-order valence-corrected chi connectivity index (χ3v) is 5.74. The van der Waals surface area contributed by atoms with Crippen molar-refractivity contribution >= 4 is 34.5 Å². The van der Waals surface area contributed by atoms with Crippen LogP contribution in [0.4, 0.5) is 11.4 Å². The number of likely N-dealkylation sites (N-methyl/N-ethyl adjacent to an activating group) is 1. The van der Waals surface area contributed by atoms with E-state index >= 15 is 0 Å². The molecule has 1 amide bonds. The minimum atomic E-state index is -0.0998. The first-order valence-electron chi connectivity index (χ1n) is 10.1. The summed E-state index contributed by atoms with van der Waals surface area (Å²) in [5.74, 6) is 0.776. The molecule has 0 aromatic heterocycles. The van der Waals surface area contributed by atoms with E-state index in [1.165, 1.54) is 6.42 Å². The molecule has 150 valence electrons. The molecular formula is C24H25ClN2O2. The number of ether oxygens (including phenoxy) is 1. The Morgan fingerprint density at radius 1 is 1.31 bits per heavy atom. The van der Waals surface area contributed by atoms with E-state index in [9.17, 15) is 4.79 Å². The van der Waals surface area contributed by atoms with Gasteiger partial charge in [-0.05, 0) is 42.3 Å². The van der Waals surface area contributed by atoms with E-state index in [2.05, 4.69) is 24.1 Å². The Labute approximate surface area is 177 Å². The van der Waals surface area contributed by atoms with Crippen molar-refractivity contribution in [2.75, 3.05) is 23.5 Å². The van der Waals surface area contributed by atoms with Crippen LogP contribution >= 0.6 is 11.6 Å². The molecule has 5 heteroatoms. The summed E-state index contributed by atoms with van der Waals surface area (Å²) in [7, 11) is 1.76. The van der Waals surface area contributed by atoms with E-state index in [0.717, 1.165) is 41.1 Å². The zero-order valence-electron chi connectivity index (χ0n) is 16.8. The second kappa shape index (κ2) is 8.34. The Bertz CT molecular complexity index is 983. The van der Waals surface area contributed by atoms with Gasteiger partial charge in [-0.1, -0.05) is 49.6 Å². The van der Waals surface area contributed by atoms with Gasteiger partial charge in [0.05, 0.1) is 11.7 Å². The number of halogens is 1. The monoisotopic (exact) mass is 408 g/mol. The average molecular weight is 409 g/mol. The number of anilines is 2. The van der Waals surface area contributed by atoms with Crippen molar-refractivity contribution in [1.82, 2.24) is 0 Å². The third-order valence-electron chi connectivity index (χ3n) is 5.50. The molecule has 4 nitrogen and oxygen atoms in total. The molecule has 2 aromatic rings. The molecule has 2 aromatic carbocycles. The Hall–Kier alpha value is -2.72. The number of carbonyl (C=O) groups excluding carboxylic acids is 1. The van der Waals surface area contributed by atoms with E-state index in [1.807, 2.05) is 30.3 Å². The molecule has 4 rings (SSSR count). The number of amides is 1. The van der Waals surface area contributed by atoms with Crippen LogP contribution in [0, 0.1) is 0 Å². The molecule has 0 aliphatic carbocycles. The fourth-order valence-corrected chi connectivity index (χ4v) is 4.05. The quantitative estimate of drug-likeness (QED) is 0.597. The van der Waals surface area contributed by atoms with Gasteiger partial charge in [0.15, 0.2) is 0 Å². The molecule has 0 saturated carbocycles. The third kappa shape index (κ3) is 3.90. The van der Waals surface area contributed by atoms with Gasteiger partial charge in [0, 0.05) is 35.6 Å². The maximum atomic E-state index is 12.9. The van der Waals surface area contributed by atoms with Gasteiger partial charge in [0.2, 0.25) is 0 Å². The van der Waals surface area contributed by atoms with E-state index in [-0.39, 0.29) is 5.91 Å². The lowest BCUT2D eigenvalue weighted by Gasteiger charge is -2.40. The Morgan fingerprint density at radius 2 is 2.14 bits per heavy atom. The Morgan fingerprint density at radius 3 is 2.93 bits per heavy atom. The van der Waals surface area contributed by atoms with E-state index < -0.39 is 0 Å². The first kappa shape index (κ1) is 19.6. The second-order valence-corrected chi connectivity index (χ2v) is 7.90. The predicted octanol–water partition coefficient (Wildman–Crippen LogP) is 5.67. The molecule has 1 atom stereocenters. The first-order chi connectivity index (χ1) is 14.1. The average Bonchev–Trinajstić information content (AvgIpc) is 2.74. The number of rotatable bonds is 5. The van der Waals surface area contributed by atoms with Crippen molar-refractivity contribution in [3.63, 3.8) is 0 Å².